The number of benzene rings is 2. The van der Waals surface area contributed by atoms with E-state index >= 15 is 0 Å². The van der Waals surface area contributed by atoms with Crippen LogP contribution in [0.2, 0.25) is 5.02 Å². The van der Waals surface area contributed by atoms with Gasteiger partial charge in [-0.15, -0.1) is 0 Å². The Kier molecular flexibility index (Phi) is 9.53. The maximum Gasteiger partial charge on any atom is 0.337 e. The molecule has 0 amide bonds. The van der Waals surface area contributed by atoms with E-state index in [0.29, 0.717) is 24.0 Å². The molecule has 0 saturated heterocycles. The Balaban J connectivity index is 1.26. The minimum absolute atomic E-state index is 0.0242. The molecule has 0 aromatic heterocycles. The second kappa shape index (κ2) is 13.3. The third kappa shape index (κ3) is 6.92. The van der Waals surface area contributed by atoms with E-state index in [9.17, 15) is 13.2 Å². The van der Waals surface area contributed by atoms with Gasteiger partial charge in [0.2, 0.25) is 0 Å². The lowest BCUT2D eigenvalue weighted by atomic mass is 9.66. The summed E-state index contributed by atoms with van der Waals surface area (Å²) in [6.45, 7) is 2.40. The van der Waals surface area contributed by atoms with Gasteiger partial charge in [0, 0.05) is 30.6 Å². The van der Waals surface area contributed by atoms with Crippen LogP contribution in [0.15, 0.2) is 48.0 Å². The zero-order valence-corrected chi connectivity index (χ0v) is 28.0. The van der Waals surface area contributed by atoms with Crippen LogP contribution in [0, 0.1) is 17.8 Å². The number of anilines is 1. The topological polar surface area (TPSA) is 91.4 Å². The lowest BCUT2D eigenvalue weighted by molar-refractivity contribution is 0.00284. The molecule has 6 rings (SSSR count). The van der Waals surface area contributed by atoms with Gasteiger partial charge in [0.05, 0.1) is 43.9 Å². The van der Waals surface area contributed by atoms with Crippen molar-refractivity contribution in [2.75, 3.05) is 51.7 Å². The summed E-state index contributed by atoms with van der Waals surface area (Å²) >= 11 is 6.43. The van der Waals surface area contributed by atoms with Gasteiger partial charge in [-0.2, -0.15) is 8.42 Å². The smallest absolute Gasteiger partial charge is 0.337 e. The summed E-state index contributed by atoms with van der Waals surface area (Å²) in [5, 5.41) is 0.761. The van der Waals surface area contributed by atoms with Crippen LogP contribution in [0.5, 0.6) is 5.75 Å². The predicted octanol–water partition coefficient (Wildman–Crippen LogP) is 6.34. The molecular formula is C35H44ClNO7S. The molecule has 1 fully saturated rings. The van der Waals surface area contributed by atoms with Gasteiger partial charge < -0.3 is 19.1 Å². The zero-order valence-electron chi connectivity index (χ0n) is 26.4. The normalized spacial score (nSPS) is 26.9. The quantitative estimate of drug-likeness (QED) is 0.175. The Morgan fingerprint density at radius 1 is 1.13 bits per heavy atom. The number of carbonyl (C=O) groups excluding carboxylic acids is 1. The van der Waals surface area contributed by atoms with Crippen molar-refractivity contribution < 1.29 is 31.6 Å². The fourth-order valence-corrected chi connectivity index (χ4v) is 8.64. The van der Waals surface area contributed by atoms with Gasteiger partial charge in [-0.3, -0.25) is 4.18 Å². The van der Waals surface area contributed by atoms with Crippen molar-refractivity contribution in [3.63, 3.8) is 0 Å². The molecule has 2 aromatic rings. The SMILES string of the molecule is COC(=O)c1ccc2c(c1)N(C[C@@H]1CC[C@H]1[C@@H](OC)C1=CC[C@@H](COS(C)(=O)=O)CC1)C[C@@]1(CCCc3cc(Cl)ccc31)CO2. The number of allylic oxidation sites excluding steroid dienone is 1. The van der Waals surface area contributed by atoms with Gasteiger partial charge in [-0.05, 0) is 116 Å². The first-order valence-electron chi connectivity index (χ1n) is 16.0. The highest BCUT2D eigenvalue weighted by molar-refractivity contribution is 7.85. The van der Waals surface area contributed by atoms with Crippen molar-refractivity contribution in [3.8, 4) is 5.75 Å². The predicted molar refractivity (Wildman–Crippen MR) is 175 cm³/mol. The molecule has 4 aliphatic rings. The highest BCUT2D eigenvalue weighted by Gasteiger charge is 2.45. The highest BCUT2D eigenvalue weighted by Crippen LogP contribution is 2.48. The monoisotopic (exact) mass is 657 g/mol. The number of halogens is 1. The molecular weight excluding hydrogens is 614 g/mol. The van der Waals surface area contributed by atoms with Gasteiger partial charge in [-0.25, -0.2) is 4.79 Å². The number of ether oxygens (including phenoxy) is 3. The number of methoxy groups -OCH3 is 2. The minimum atomic E-state index is -3.44. The first-order chi connectivity index (χ1) is 21.6. The lowest BCUT2D eigenvalue weighted by Gasteiger charge is -2.47. The number of fused-ring (bicyclic) bond motifs is 3. The van der Waals surface area contributed by atoms with Crippen molar-refractivity contribution in [1.29, 1.82) is 0 Å². The molecule has 2 aromatic carbocycles. The average Bonchev–Trinajstić information content (AvgIpc) is 3.17. The Morgan fingerprint density at radius 3 is 2.67 bits per heavy atom. The molecule has 5 atom stereocenters. The average molecular weight is 658 g/mol. The van der Waals surface area contributed by atoms with E-state index in [1.165, 1.54) is 23.8 Å². The van der Waals surface area contributed by atoms with Crippen LogP contribution >= 0.6 is 11.6 Å². The van der Waals surface area contributed by atoms with E-state index in [1.54, 1.807) is 13.2 Å². The molecule has 244 valence electrons. The zero-order chi connectivity index (χ0) is 31.8. The van der Waals surface area contributed by atoms with Crippen LogP contribution in [0.4, 0.5) is 5.69 Å². The molecule has 1 spiro atoms. The van der Waals surface area contributed by atoms with Crippen molar-refractivity contribution >= 4 is 33.4 Å². The molecule has 0 bridgehead atoms. The third-order valence-electron chi connectivity index (χ3n) is 10.5. The number of esters is 1. The lowest BCUT2D eigenvalue weighted by Crippen LogP contribution is -2.50. The Morgan fingerprint density at radius 2 is 1.98 bits per heavy atom. The van der Waals surface area contributed by atoms with Gasteiger partial charge in [0.1, 0.15) is 5.75 Å². The second-order valence-corrected chi connectivity index (χ2v) is 15.4. The van der Waals surface area contributed by atoms with Crippen LogP contribution in [-0.2, 0) is 35.6 Å². The number of aryl methyl sites for hydroxylation is 1. The van der Waals surface area contributed by atoms with Gasteiger partial charge in [0.15, 0.2) is 0 Å². The highest BCUT2D eigenvalue weighted by atomic mass is 35.5. The Bertz CT molecular complexity index is 1560. The van der Waals surface area contributed by atoms with Crippen molar-refractivity contribution in [2.45, 2.75) is 62.9 Å². The Hall–Kier alpha value is -2.59. The largest absolute Gasteiger partial charge is 0.490 e. The molecule has 1 heterocycles. The van der Waals surface area contributed by atoms with Crippen LogP contribution in [0.1, 0.15) is 66.4 Å². The number of hydrogen-bond acceptors (Lipinski definition) is 8. The van der Waals surface area contributed by atoms with Crippen LogP contribution < -0.4 is 9.64 Å². The molecule has 0 radical (unpaired) electrons. The molecule has 3 aliphatic carbocycles. The molecule has 0 unspecified atom stereocenters. The first-order valence-corrected chi connectivity index (χ1v) is 18.2. The molecule has 0 N–H and O–H groups in total. The molecule has 1 saturated carbocycles. The Labute approximate surface area is 272 Å². The number of rotatable bonds is 9. The number of carbonyl (C=O) groups is 1. The summed E-state index contributed by atoms with van der Waals surface area (Å²) in [5.41, 5.74) is 5.16. The summed E-state index contributed by atoms with van der Waals surface area (Å²) in [6, 6.07) is 11.9. The maximum atomic E-state index is 12.6. The van der Waals surface area contributed by atoms with Crippen molar-refractivity contribution in [3.05, 3.63) is 69.8 Å². The van der Waals surface area contributed by atoms with Gasteiger partial charge in [0.25, 0.3) is 10.1 Å². The van der Waals surface area contributed by atoms with Gasteiger partial charge >= 0.3 is 5.97 Å². The van der Waals surface area contributed by atoms with Crippen LogP contribution in [-0.4, -0.2) is 67.3 Å². The first kappa shape index (κ1) is 32.4. The standard InChI is InChI=1S/C35H44ClNO7S/c1-41-33(24-8-6-23(7-9-24)20-44-45(3,39)40)29-13-10-27(29)19-37-21-35(16-4-5-25-17-28(36)12-14-30(25)35)22-43-32-15-11-26(18-31(32)37)34(38)42-2/h8,11-12,14-15,17-18,23,27,29,33H,4-7,9-10,13,16,19-22H2,1-3H3/t23-,27+,29-,33+,35+/m1/s1. The number of hydrogen-bond donors (Lipinski definition) is 0. The van der Waals surface area contributed by atoms with Crippen molar-refractivity contribution in [2.24, 2.45) is 17.8 Å². The van der Waals surface area contributed by atoms with Crippen LogP contribution in [0.3, 0.4) is 0 Å². The summed E-state index contributed by atoms with van der Waals surface area (Å²) in [6.07, 6.45) is 11.2. The summed E-state index contributed by atoms with van der Waals surface area (Å²) in [7, 11) is -0.229. The van der Waals surface area contributed by atoms with E-state index in [4.69, 9.17) is 30.0 Å². The third-order valence-corrected chi connectivity index (χ3v) is 11.3. The minimum Gasteiger partial charge on any atom is -0.490 e. The van der Waals surface area contributed by atoms with Crippen molar-refractivity contribution in [1.82, 2.24) is 0 Å². The fraction of sp³-hybridized carbons (Fsp3) is 0.571. The molecule has 8 nitrogen and oxygen atoms in total. The van der Waals surface area contributed by atoms with E-state index in [2.05, 4.69) is 23.1 Å². The van der Waals surface area contributed by atoms with E-state index < -0.39 is 10.1 Å². The number of nitrogens with zero attached hydrogens (tertiary/aromatic N) is 1. The molecule has 1 aliphatic heterocycles. The van der Waals surface area contributed by atoms with Crippen LogP contribution in [0.25, 0.3) is 0 Å². The molecule has 45 heavy (non-hydrogen) atoms. The van der Waals surface area contributed by atoms with Gasteiger partial charge in [-0.1, -0.05) is 23.7 Å². The van der Waals surface area contributed by atoms with E-state index in [1.807, 2.05) is 18.2 Å². The van der Waals surface area contributed by atoms with E-state index in [0.717, 1.165) is 87.2 Å². The maximum absolute atomic E-state index is 12.6. The molecule has 10 heteroatoms. The fourth-order valence-electron chi connectivity index (χ4n) is 8.00. The second-order valence-electron chi connectivity index (χ2n) is 13.3. The summed E-state index contributed by atoms with van der Waals surface area (Å²) in [4.78, 5) is 15.0. The van der Waals surface area contributed by atoms with E-state index in [-0.39, 0.29) is 30.0 Å². The summed E-state index contributed by atoms with van der Waals surface area (Å²) < 4.78 is 45.9. The summed E-state index contributed by atoms with van der Waals surface area (Å²) in [5.74, 6) is 1.40.